The second-order valence-electron chi connectivity index (χ2n) is 5.79. The number of halogens is 1. The Balaban J connectivity index is 0.00000242. The van der Waals surface area contributed by atoms with E-state index in [9.17, 15) is 0 Å². The molecule has 4 nitrogen and oxygen atoms in total. The predicted molar refractivity (Wildman–Crippen MR) is 104 cm³/mol. The summed E-state index contributed by atoms with van der Waals surface area (Å²) in [5.74, 6) is 2.04. The van der Waals surface area contributed by atoms with Crippen LogP contribution in [0.3, 0.4) is 0 Å². The molecule has 1 aromatic carbocycles. The molecule has 3 N–H and O–H groups in total. The first-order valence-corrected chi connectivity index (χ1v) is 7.99. The molecule has 124 valence electrons. The Morgan fingerprint density at radius 3 is 2.32 bits per heavy atom. The van der Waals surface area contributed by atoms with Gasteiger partial charge in [0, 0.05) is 12.2 Å². The monoisotopic (exact) mass is 417 g/mol. The van der Waals surface area contributed by atoms with Crippen LogP contribution in [0.1, 0.15) is 44.9 Å². The van der Waals surface area contributed by atoms with E-state index in [4.69, 9.17) is 10.5 Å². The number of anilines is 1. The Kier molecular flexibility index (Phi) is 9.27. The normalized spacial score (nSPS) is 17.0. The molecule has 1 saturated carbocycles. The number of aliphatic imine (C=N–C) groups is 1. The highest BCUT2D eigenvalue weighted by molar-refractivity contribution is 14.0. The van der Waals surface area contributed by atoms with Gasteiger partial charge in [-0.3, -0.25) is 4.99 Å². The van der Waals surface area contributed by atoms with Crippen LogP contribution < -0.4 is 15.8 Å². The van der Waals surface area contributed by atoms with Crippen LogP contribution in [0.25, 0.3) is 0 Å². The van der Waals surface area contributed by atoms with Crippen LogP contribution in [0.4, 0.5) is 5.69 Å². The van der Waals surface area contributed by atoms with Crippen LogP contribution in [0.5, 0.6) is 5.75 Å². The number of hydrogen-bond donors (Lipinski definition) is 2. The van der Waals surface area contributed by atoms with E-state index in [1.807, 2.05) is 24.3 Å². The number of methoxy groups -OCH3 is 1. The molecule has 0 unspecified atom stereocenters. The minimum absolute atomic E-state index is 0. The average Bonchev–Trinajstić information content (AvgIpc) is 2.47. The third-order valence-corrected chi connectivity index (χ3v) is 4.11. The maximum atomic E-state index is 5.97. The van der Waals surface area contributed by atoms with Gasteiger partial charge in [-0.1, -0.05) is 32.1 Å². The molecule has 22 heavy (non-hydrogen) atoms. The van der Waals surface area contributed by atoms with Crippen LogP contribution in [-0.4, -0.2) is 19.6 Å². The van der Waals surface area contributed by atoms with Gasteiger partial charge in [-0.15, -0.1) is 24.0 Å². The fourth-order valence-corrected chi connectivity index (χ4v) is 2.81. The lowest BCUT2D eigenvalue weighted by Gasteiger charge is -2.18. The number of guanidine groups is 1. The van der Waals surface area contributed by atoms with E-state index in [0.717, 1.165) is 18.0 Å². The molecule has 0 aromatic heterocycles. The second kappa shape index (κ2) is 10.7. The van der Waals surface area contributed by atoms with Crippen molar-refractivity contribution in [3.05, 3.63) is 24.3 Å². The van der Waals surface area contributed by atoms with E-state index in [-0.39, 0.29) is 24.0 Å². The van der Waals surface area contributed by atoms with E-state index in [1.54, 1.807) is 7.11 Å². The Labute approximate surface area is 150 Å². The first-order valence-electron chi connectivity index (χ1n) is 7.99. The van der Waals surface area contributed by atoms with Crippen molar-refractivity contribution >= 4 is 35.6 Å². The van der Waals surface area contributed by atoms with E-state index in [1.165, 1.54) is 44.9 Å². The van der Waals surface area contributed by atoms with Crippen molar-refractivity contribution in [3.8, 4) is 5.75 Å². The SMILES string of the molecule is COc1ccc(NC(N)=NCC2CCCCCCC2)cc1.I. The summed E-state index contributed by atoms with van der Waals surface area (Å²) >= 11 is 0. The highest BCUT2D eigenvalue weighted by Crippen LogP contribution is 2.22. The molecule has 0 aliphatic heterocycles. The molecule has 1 aliphatic carbocycles. The van der Waals surface area contributed by atoms with Crippen molar-refractivity contribution in [1.82, 2.24) is 0 Å². The lowest BCUT2D eigenvalue weighted by molar-refractivity contribution is 0.386. The predicted octanol–water partition coefficient (Wildman–Crippen LogP) is 4.40. The molecule has 0 radical (unpaired) electrons. The summed E-state index contributed by atoms with van der Waals surface area (Å²) in [7, 11) is 1.66. The Bertz CT molecular complexity index is 440. The zero-order chi connectivity index (χ0) is 14.9. The maximum Gasteiger partial charge on any atom is 0.193 e. The molecule has 5 heteroatoms. The topological polar surface area (TPSA) is 59.6 Å². The smallest absolute Gasteiger partial charge is 0.193 e. The molecule has 0 amide bonds. The van der Waals surface area contributed by atoms with Gasteiger partial charge in [0.15, 0.2) is 5.96 Å². The van der Waals surface area contributed by atoms with Gasteiger partial charge >= 0.3 is 0 Å². The van der Waals surface area contributed by atoms with Gasteiger partial charge in [0.25, 0.3) is 0 Å². The lowest BCUT2D eigenvalue weighted by Crippen LogP contribution is -2.24. The number of nitrogens with zero attached hydrogens (tertiary/aromatic N) is 1. The zero-order valence-corrected chi connectivity index (χ0v) is 15.7. The number of nitrogens with two attached hydrogens (primary N) is 1. The molecule has 0 saturated heterocycles. The lowest BCUT2D eigenvalue weighted by atomic mass is 9.91. The number of nitrogens with one attached hydrogen (secondary N) is 1. The third kappa shape index (κ3) is 6.85. The fraction of sp³-hybridized carbons (Fsp3) is 0.588. The van der Waals surface area contributed by atoms with Gasteiger partial charge in [-0.2, -0.15) is 0 Å². The van der Waals surface area contributed by atoms with Crippen LogP contribution in [0, 0.1) is 5.92 Å². The molecule has 2 rings (SSSR count). The Morgan fingerprint density at radius 2 is 1.73 bits per heavy atom. The van der Waals surface area contributed by atoms with Crippen molar-refractivity contribution in [2.24, 2.45) is 16.6 Å². The van der Waals surface area contributed by atoms with Gasteiger partial charge in [0.2, 0.25) is 0 Å². The number of hydrogen-bond acceptors (Lipinski definition) is 2. The van der Waals surface area contributed by atoms with Crippen molar-refractivity contribution < 1.29 is 4.74 Å². The molecular formula is C17H28IN3O. The van der Waals surface area contributed by atoms with E-state index in [0.29, 0.717) is 11.9 Å². The number of rotatable bonds is 4. The molecule has 0 bridgehead atoms. The van der Waals surface area contributed by atoms with Crippen molar-refractivity contribution in [2.75, 3.05) is 19.0 Å². The summed E-state index contributed by atoms with van der Waals surface area (Å²) in [5.41, 5.74) is 6.91. The quantitative estimate of drug-likeness (QED) is 0.434. The molecule has 1 fully saturated rings. The number of ether oxygens (including phenoxy) is 1. The summed E-state index contributed by atoms with van der Waals surface area (Å²) in [6.07, 6.45) is 9.41. The minimum Gasteiger partial charge on any atom is -0.497 e. The Morgan fingerprint density at radius 1 is 1.14 bits per heavy atom. The first kappa shape index (κ1) is 19.1. The van der Waals surface area contributed by atoms with E-state index in [2.05, 4.69) is 10.3 Å². The molecule has 0 heterocycles. The molecule has 0 atom stereocenters. The standard InChI is InChI=1S/C17H27N3O.HI/c1-21-16-11-9-15(10-12-16)20-17(18)19-13-14-7-5-3-2-4-6-8-14;/h9-12,14H,2-8,13H2,1H3,(H3,18,19,20);1H. The minimum atomic E-state index is 0. The van der Waals surface area contributed by atoms with E-state index >= 15 is 0 Å². The van der Waals surface area contributed by atoms with Crippen molar-refractivity contribution in [3.63, 3.8) is 0 Å². The first-order chi connectivity index (χ1) is 10.3. The Hall–Kier alpha value is -0.980. The van der Waals surface area contributed by atoms with Gasteiger partial charge < -0.3 is 15.8 Å². The highest BCUT2D eigenvalue weighted by Gasteiger charge is 2.10. The number of benzene rings is 1. The van der Waals surface area contributed by atoms with Gasteiger partial charge in [0.1, 0.15) is 5.75 Å². The maximum absolute atomic E-state index is 5.97. The van der Waals surface area contributed by atoms with E-state index < -0.39 is 0 Å². The third-order valence-electron chi connectivity index (χ3n) is 4.11. The molecule has 1 aromatic rings. The van der Waals surface area contributed by atoms with Crippen LogP contribution in [0.2, 0.25) is 0 Å². The highest BCUT2D eigenvalue weighted by atomic mass is 127. The van der Waals surface area contributed by atoms with Gasteiger partial charge in [-0.25, -0.2) is 0 Å². The molecule has 1 aliphatic rings. The zero-order valence-electron chi connectivity index (χ0n) is 13.4. The summed E-state index contributed by atoms with van der Waals surface area (Å²) in [5, 5.41) is 3.13. The fourth-order valence-electron chi connectivity index (χ4n) is 2.81. The van der Waals surface area contributed by atoms with Crippen LogP contribution >= 0.6 is 24.0 Å². The molecular weight excluding hydrogens is 389 g/mol. The van der Waals surface area contributed by atoms with Gasteiger partial charge in [-0.05, 0) is 43.0 Å². The van der Waals surface area contributed by atoms with Gasteiger partial charge in [0.05, 0.1) is 7.11 Å². The summed E-state index contributed by atoms with van der Waals surface area (Å²) in [4.78, 5) is 4.51. The summed E-state index contributed by atoms with van der Waals surface area (Å²) in [6.45, 7) is 0.842. The second-order valence-corrected chi connectivity index (χ2v) is 5.79. The summed E-state index contributed by atoms with van der Waals surface area (Å²) in [6, 6.07) is 7.70. The molecule has 0 spiro atoms. The van der Waals surface area contributed by atoms with Crippen LogP contribution in [0.15, 0.2) is 29.3 Å². The van der Waals surface area contributed by atoms with Crippen LogP contribution in [-0.2, 0) is 0 Å². The summed E-state index contributed by atoms with van der Waals surface area (Å²) < 4.78 is 5.13. The van der Waals surface area contributed by atoms with Crippen molar-refractivity contribution in [2.45, 2.75) is 44.9 Å². The average molecular weight is 417 g/mol. The van der Waals surface area contributed by atoms with Crippen molar-refractivity contribution in [1.29, 1.82) is 0 Å². The largest absolute Gasteiger partial charge is 0.497 e.